The molecule has 0 saturated carbocycles. The molecule has 0 radical (unpaired) electrons. The Morgan fingerprint density at radius 3 is 2.67 bits per heavy atom. The highest BCUT2D eigenvalue weighted by molar-refractivity contribution is 7.89. The van der Waals surface area contributed by atoms with E-state index in [-0.39, 0.29) is 11.0 Å². The zero-order valence-corrected chi connectivity index (χ0v) is 16.1. The first-order valence-corrected chi connectivity index (χ1v) is 9.91. The SMILES string of the molecule is COc1ccc2c(c1NC(=O)NS(=O)(=O)c1ccco1)CCC2C(C)(C)O. The monoisotopic (exact) mass is 394 g/mol. The maximum atomic E-state index is 12.3. The van der Waals surface area contributed by atoms with Gasteiger partial charge in [0.2, 0.25) is 5.09 Å². The average Bonchev–Trinajstić information content (AvgIpc) is 3.24. The topological polar surface area (TPSA) is 118 Å². The largest absolute Gasteiger partial charge is 0.495 e. The van der Waals surface area contributed by atoms with Crippen LogP contribution in [0.2, 0.25) is 0 Å². The molecule has 2 aromatic rings. The fourth-order valence-corrected chi connectivity index (χ4v) is 4.29. The van der Waals surface area contributed by atoms with Gasteiger partial charge in [-0.05, 0) is 56.0 Å². The van der Waals surface area contributed by atoms with Crippen LogP contribution in [0, 0.1) is 0 Å². The van der Waals surface area contributed by atoms with Crippen LogP contribution in [0.15, 0.2) is 40.0 Å². The van der Waals surface area contributed by atoms with Gasteiger partial charge < -0.3 is 19.6 Å². The van der Waals surface area contributed by atoms with Gasteiger partial charge >= 0.3 is 6.03 Å². The normalized spacial score (nSPS) is 16.7. The Morgan fingerprint density at radius 2 is 2.07 bits per heavy atom. The predicted octanol–water partition coefficient (Wildman–Crippen LogP) is 2.60. The number of anilines is 1. The molecule has 1 heterocycles. The summed E-state index contributed by atoms with van der Waals surface area (Å²) in [4.78, 5) is 12.3. The van der Waals surface area contributed by atoms with Gasteiger partial charge in [0, 0.05) is 5.92 Å². The first kappa shape index (κ1) is 19.2. The van der Waals surface area contributed by atoms with E-state index in [9.17, 15) is 18.3 Å². The number of ether oxygens (including phenoxy) is 1. The Hall–Kier alpha value is -2.52. The van der Waals surface area contributed by atoms with Gasteiger partial charge in [-0.25, -0.2) is 9.52 Å². The van der Waals surface area contributed by atoms with Crippen molar-refractivity contribution >= 4 is 21.7 Å². The van der Waals surface area contributed by atoms with Crippen LogP contribution in [-0.2, 0) is 16.4 Å². The summed E-state index contributed by atoms with van der Waals surface area (Å²) < 4.78 is 36.3. The molecule has 1 aromatic carbocycles. The molecule has 1 atom stereocenters. The fourth-order valence-electron chi connectivity index (χ4n) is 3.45. The summed E-state index contributed by atoms with van der Waals surface area (Å²) in [5.74, 6) is 0.324. The minimum Gasteiger partial charge on any atom is -0.495 e. The fraction of sp³-hybridized carbons (Fsp3) is 0.389. The third-order valence-corrected chi connectivity index (χ3v) is 5.88. The minimum atomic E-state index is -4.11. The van der Waals surface area contributed by atoms with Crippen molar-refractivity contribution in [1.82, 2.24) is 4.72 Å². The van der Waals surface area contributed by atoms with Crippen molar-refractivity contribution in [2.24, 2.45) is 0 Å². The molecule has 3 N–H and O–H groups in total. The van der Waals surface area contributed by atoms with E-state index in [1.165, 1.54) is 25.5 Å². The number of hydrogen-bond acceptors (Lipinski definition) is 6. The molecule has 8 nitrogen and oxygen atoms in total. The molecule has 0 fully saturated rings. The Balaban J connectivity index is 1.89. The molecule has 146 valence electrons. The summed E-state index contributed by atoms with van der Waals surface area (Å²) in [6.45, 7) is 3.49. The van der Waals surface area contributed by atoms with E-state index in [0.717, 1.165) is 11.1 Å². The number of urea groups is 1. The van der Waals surface area contributed by atoms with Crippen molar-refractivity contribution < 1.29 is 27.5 Å². The van der Waals surface area contributed by atoms with E-state index in [1.54, 1.807) is 19.9 Å². The van der Waals surface area contributed by atoms with Gasteiger partial charge in [-0.15, -0.1) is 0 Å². The molecule has 1 unspecified atom stereocenters. The van der Waals surface area contributed by atoms with Crippen LogP contribution in [0.5, 0.6) is 5.75 Å². The predicted molar refractivity (Wildman–Crippen MR) is 98.4 cm³/mol. The van der Waals surface area contributed by atoms with Gasteiger partial charge in [0.15, 0.2) is 0 Å². The van der Waals surface area contributed by atoms with Crippen molar-refractivity contribution in [3.63, 3.8) is 0 Å². The third kappa shape index (κ3) is 3.79. The van der Waals surface area contributed by atoms with Gasteiger partial charge in [-0.1, -0.05) is 6.07 Å². The smallest absolute Gasteiger partial charge is 0.333 e. The summed E-state index contributed by atoms with van der Waals surface area (Å²) in [7, 11) is -2.65. The van der Waals surface area contributed by atoms with Crippen LogP contribution in [0.4, 0.5) is 10.5 Å². The van der Waals surface area contributed by atoms with Crippen LogP contribution >= 0.6 is 0 Å². The molecule has 0 aliphatic heterocycles. The van der Waals surface area contributed by atoms with Crippen molar-refractivity contribution in [3.05, 3.63) is 41.7 Å². The second-order valence-corrected chi connectivity index (χ2v) is 8.56. The second-order valence-electron chi connectivity index (χ2n) is 6.95. The van der Waals surface area contributed by atoms with E-state index in [4.69, 9.17) is 9.15 Å². The van der Waals surface area contributed by atoms with Crippen molar-refractivity contribution in [1.29, 1.82) is 0 Å². The lowest BCUT2D eigenvalue weighted by molar-refractivity contribution is 0.0502. The molecule has 27 heavy (non-hydrogen) atoms. The second kappa shape index (κ2) is 6.90. The minimum absolute atomic E-state index is 0.0890. The van der Waals surface area contributed by atoms with Crippen molar-refractivity contribution in [2.75, 3.05) is 12.4 Å². The first-order chi connectivity index (χ1) is 12.6. The number of methoxy groups -OCH3 is 1. The Labute approximate surface area is 157 Å². The van der Waals surface area contributed by atoms with E-state index in [1.807, 2.05) is 10.8 Å². The molecule has 9 heteroatoms. The number of rotatable bonds is 5. The highest BCUT2D eigenvalue weighted by atomic mass is 32.2. The summed E-state index contributed by atoms with van der Waals surface area (Å²) in [5.41, 5.74) is 1.22. The van der Waals surface area contributed by atoms with Crippen LogP contribution in [0.3, 0.4) is 0 Å². The zero-order chi connectivity index (χ0) is 19.8. The maximum Gasteiger partial charge on any atom is 0.333 e. The molecule has 0 saturated heterocycles. The zero-order valence-electron chi connectivity index (χ0n) is 15.3. The van der Waals surface area contributed by atoms with Crippen LogP contribution in [0.1, 0.15) is 37.3 Å². The standard InChI is InChI=1S/C18H22N2O6S/c1-18(2,22)13-8-6-12-11(13)7-9-14(25-3)16(12)19-17(21)20-27(23,24)15-5-4-10-26-15/h4-5,7,9-10,13,22H,6,8H2,1-3H3,(H2,19,20,21). The van der Waals surface area contributed by atoms with Crippen molar-refractivity contribution in [3.8, 4) is 5.75 Å². The van der Waals surface area contributed by atoms with E-state index in [0.29, 0.717) is 24.3 Å². The van der Waals surface area contributed by atoms with E-state index >= 15 is 0 Å². The number of carbonyl (C=O) groups is 1. The molecule has 3 rings (SSSR count). The van der Waals surface area contributed by atoms with E-state index in [2.05, 4.69) is 5.32 Å². The number of nitrogens with one attached hydrogen (secondary N) is 2. The third-order valence-electron chi connectivity index (χ3n) is 4.67. The van der Waals surface area contributed by atoms with E-state index < -0.39 is 21.7 Å². The summed E-state index contributed by atoms with van der Waals surface area (Å²) >= 11 is 0. The number of hydrogen-bond donors (Lipinski definition) is 3. The van der Waals surface area contributed by atoms with Gasteiger partial charge in [0.1, 0.15) is 5.75 Å². The van der Waals surface area contributed by atoms with Gasteiger partial charge in [-0.3, -0.25) is 0 Å². The lowest BCUT2D eigenvalue weighted by atomic mass is 9.86. The Kier molecular flexibility index (Phi) is 4.92. The quantitative estimate of drug-likeness (QED) is 0.717. The van der Waals surface area contributed by atoms with Gasteiger partial charge in [0.25, 0.3) is 10.0 Å². The number of sulfonamides is 1. The molecule has 2 amide bonds. The maximum absolute atomic E-state index is 12.3. The summed E-state index contributed by atoms with van der Waals surface area (Å²) in [6.07, 6.45) is 2.55. The molecule has 0 spiro atoms. The highest BCUT2D eigenvalue weighted by Crippen LogP contribution is 2.45. The number of fused-ring (bicyclic) bond motifs is 1. The molecule has 1 aliphatic rings. The van der Waals surface area contributed by atoms with Crippen LogP contribution < -0.4 is 14.8 Å². The summed E-state index contributed by atoms with van der Waals surface area (Å²) in [6, 6.07) is 5.29. The molecular weight excluding hydrogens is 372 g/mol. The average molecular weight is 394 g/mol. The van der Waals surface area contributed by atoms with Gasteiger partial charge in [0.05, 0.1) is 24.7 Å². The molecular formula is C18H22N2O6S. The molecule has 0 bridgehead atoms. The van der Waals surface area contributed by atoms with Gasteiger partial charge in [-0.2, -0.15) is 8.42 Å². The number of amides is 2. The number of furan rings is 1. The molecule has 1 aromatic heterocycles. The highest BCUT2D eigenvalue weighted by Gasteiger charge is 2.36. The molecule has 1 aliphatic carbocycles. The Morgan fingerprint density at radius 1 is 1.33 bits per heavy atom. The number of aliphatic hydroxyl groups is 1. The van der Waals surface area contributed by atoms with Crippen LogP contribution in [0.25, 0.3) is 0 Å². The van der Waals surface area contributed by atoms with Crippen LogP contribution in [-0.4, -0.2) is 32.3 Å². The summed E-state index contributed by atoms with van der Waals surface area (Å²) in [5, 5.41) is 12.6. The Bertz CT molecular complexity index is 945. The first-order valence-electron chi connectivity index (χ1n) is 8.43. The lowest BCUT2D eigenvalue weighted by Crippen LogP contribution is -2.34. The number of benzene rings is 1. The lowest BCUT2D eigenvalue weighted by Gasteiger charge is -2.26. The number of carbonyl (C=O) groups excluding carboxylic acids is 1. The van der Waals surface area contributed by atoms with Crippen molar-refractivity contribution in [2.45, 2.75) is 43.3 Å².